The van der Waals surface area contributed by atoms with Crippen molar-refractivity contribution in [1.29, 1.82) is 0 Å². The number of carbonyl (C=O) groups excluding carboxylic acids is 2. The van der Waals surface area contributed by atoms with E-state index in [1.165, 1.54) is 7.11 Å². The van der Waals surface area contributed by atoms with Crippen molar-refractivity contribution in [3.05, 3.63) is 63.6 Å². The maximum atomic E-state index is 14.3. The van der Waals surface area contributed by atoms with E-state index in [0.717, 1.165) is 22.9 Å². The lowest BCUT2D eigenvalue weighted by molar-refractivity contribution is -0.139. The van der Waals surface area contributed by atoms with Crippen LogP contribution in [0.1, 0.15) is 29.9 Å². The summed E-state index contributed by atoms with van der Waals surface area (Å²) in [5.41, 5.74) is 1.49. The summed E-state index contributed by atoms with van der Waals surface area (Å²) in [4.78, 5) is 28.9. The van der Waals surface area contributed by atoms with Crippen molar-refractivity contribution in [3.63, 3.8) is 0 Å². The van der Waals surface area contributed by atoms with Crippen molar-refractivity contribution in [2.75, 3.05) is 25.3 Å². The first-order valence-electron chi connectivity index (χ1n) is 11.6. The van der Waals surface area contributed by atoms with Gasteiger partial charge in [-0.2, -0.15) is 0 Å². The van der Waals surface area contributed by atoms with Crippen LogP contribution in [0.2, 0.25) is 35.7 Å². The minimum atomic E-state index is -1.27. The zero-order chi connectivity index (χ0) is 24.7. The van der Waals surface area contributed by atoms with Crippen molar-refractivity contribution >= 4 is 48.7 Å². The SMILES string of the molecule is COC1C[C@@]2(C(=O)N(COCC[Si](C)(C)C)c3cc(Cl)ccc32)[C@H](c2cccc(Cl)c2)CC1=O. The first kappa shape index (κ1) is 25.4. The summed E-state index contributed by atoms with van der Waals surface area (Å²) in [6, 6.07) is 14.0. The fraction of sp³-hybridized carbons (Fsp3) is 0.462. The Hall–Kier alpha value is -1.70. The second-order valence-corrected chi connectivity index (χ2v) is 16.9. The highest BCUT2D eigenvalue weighted by atomic mass is 35.5. The molecule has 1 fully saturated rings. The minimum Gasteiger partial charge on any atom is -0.374 e. The van der Waals surface area contributed by atoms with Gasteiger partial charge in [0, 0.05) is 44.2 Å². The Morgan fingerprint density at radius 3 is 2.50 bits per heavy atom. The number of benzene rings is 2. The number of ketones is 1. The number of Topliss-reactive ketones (excluding diaryl/α,β-unsaturated/α-hetero) is 1. The number of amides is 1. The molecule has 0 aromatic heterocycles. The molecule has 2 aliphatic rings. The second-order valence-electron chi connectivity index (χ2n) is 10.4. The lowest BCUT2D eigenvalue weighted by atomic mass is 9.60. The van der Waals surface area contributed by atoms with Crippen LogP contribution in [-0.2, 0) is 24.5 Å². The number of carbonyl (C=O) groups is 2. The summed E-state index contributed by atoms with van der Waals surface area (Å²) in [5, 5.41) is 1.12. The summed E-state index contributed by atoms with van der Waals surface area (Å²) >= 11 is 12.7. The molecule has 1 unspecified atom stereocenters. The Bertz CT molecular complexity index is 1100. The van der Waals surface area contributed by atoms with Gasteiger partial charge in [0.25, 0.3) is 0 Å². The number of halogens is 2. The Morgan fingerprint density at radius 2 is 1.82 bits per heavy atom. The van der Waals surface area contributed by atoms with Gasteiger partial charge in [0.15, 0.2) is 5.78 Å². The molecule has 1 aliphatic carbocycles. The molecule has 2 aromatic rings. The quantitative estimate of drug-likeness (QED) is 0.329. The normalized spacial score (nSPS) is 24.7. The van der Waals surface area contributed by atoms with Gasteiger partial charge in [0.05, 0.1) is 11.1 Å². The van der Waals surface area contributed by atoms with Gasteiger partial charge in [-0.05, 0) is 47.9 Å². The smallest absolute Gasteiger partial charge is 0.240 e. The van der Waals surface area contributed by atoms with Gasteiger partial charge < -0.3 is 9.47 Å². The molecular formula is C26H31Cl2NO4Si. The number of nitrogens with zero attached hydrogens (tertiary/aromatic N) is 1. The minimum absolute atomic E-state index is 0.00810. The van der Waals surface area contributed by atoms with Gasteiger partial charge in [0.1, 0.15) is 12.8 Å². The van der Waals surface area contributed by atoms with E-state index in [1.807, 2.05) is 30.3 Å². The molecule has 1 aliphatic heterocycles. The summed E-state index contributed by atoms with van der Waals surface area (Å²) in [6.45, 7) is 7.62. The maximum absolute atomic E-state index is 14.3. The maximum Gasteiger partial charge on any atom is 0.240 e. The van der Waals surface area contributed by atoms with Crippen LogP contribution in [0.3, 0.4) is 0 Å². The molecule has 0 saturated heterocycles. The molecular weight excluding hydrogens is 489 g/mol. The first-order chi connectivity index (χ1) is 16.1. The van der Waals surface area contributed by atoms with Crippen LogP contribution in [-0.4, -0.2) is 46.3 Å². The van der Waals surface area contributed by atoms with E-state index < -0.39 is 19.6 Å². The van der Waals surface area contributed by atoms with Crippen LogP contribution in [0.15, 0.2) is 42.5 Å². The number of ether oxygens (including phenoxy) is 2. The monoisotopic (exact) mass is 519 g/mol. The molecule has 1 heterocycles. The first-order valence-corrected chi connectivity index (χ1v) is 16.0. The molecule has 34 heavy (non-hydrogen) atoms. The van der Waals surface area contributed by atoms with Gasteiger partial charge >= 0.3 is 0 Å². The van der Waals surface area contributed by atoms with Crippen LogP contribution in [0.25, 0.3) is 0 Å². The molecule has 182 valence electrons. The van der Waals surface area contributed by atoms with E-state index in [4.69, 9.17) is 32.7 Å². The zero-order valence-corrected chi connectivity index (χ0v) is 22.6. The van der Waals surface area contributed by atoms with Crippen LogP contribution < -0.4 is 4.90 Å². The molecule has 0 radical (unpaired) electrons. The molecule has 0 bridgehead atoms. The van der Waals surface area contributed by atoms with Crippen LogP contribution in [0.4, 0.5) is 5.69 Å². The number of fused-ring (bicyclic) bond motifs is 2. The van der Waals surface area contributed by atoms with Gasteiger partial charge in [-0.1, -0.05) is 61.0 Å². The van der Waals surface area contributed by atoms with Crippen molar-refractivity contribution < 1.29 is 19.1 Å². The third-order valence-corrected chi connectivity index (χ3v) is 9.15. The molecule has 3 atom stereocenters. The molecule has 1 spiro atoms. The molecule has 1 saturated carbocycles. The summed E-state index contributed by atoms with van der Waals surface area (Å²) in [7, 11) is 0.255. The number of hydrogen-bond acceptors (Lipinski definition) is 4. The zero-order valence-electron chi connectivity index (χ0n) is 20.1. The van der Waals surface area contributed by atoms with Crippen LogP contribution >= 0.6 is 23.2 Å². The summed E-state index contributed by atoms with van der Waals surface area (Å²) in [6.07, 6.45) is -0.203. The third kappa shape index (κ3) is 4.71. The van der Waals surface area contributed by atoms with Gasteiger partial charge in [-0.3, -0.25) is 14.5 Å². The highest BCUT2D eigenvalue weighted by Crippen LogP contribution is 2.56. The lowest BCUT2D eigenvalue weighted by Gasteiger charge is -2.42. The molecule has 5 nitrogen and oxygen atoms in total. The Morgan fingerprint density at radius 1 is 1.09 bits per heavy atom. The van der Waals surface area contributed by atoms with Gasteiger partial charge in [0.2, 0.25) is 5.91 Å². The molecule has 8 heteroatoms. The predicted molar refractivity (Wildman–Crippen MR) is 139 cm³/mol. The van der Waals surface area contributed by atoms with Gasteiger partial charge in [-0.15, -0.1) is 0 Å². The highest BCUT2D eigenvalue weighted by molar-refractivity contribution is 6.76. The predicted octanol–water partition coefficient (Wildman–Crippen LogP) is 6.05. The average molecular weight is 521 g/mol. The lowest BCUT2D eigenvalue weighted by Crippen LogP contribution is -2.52. The van der Waals surface area contributed by atoms with E-state index in [0.29, 0.717) is 16.7 Å². The molecule has 1 amide bonds. The summed E-state index contributed by atoms with van der Waals surface area (Å²) < 4.78 is 11.6. The van der Waals surface area contributed by atoms with Crippen molar-refractivity contribution in [2.24, 2.45) is 0 Å². The molecule has 2 aromatic carbocycles. The van der Waals surface area contributed by atoms with Crippen molar-refractivity contribution in [1.82, 2.24) is 0 Å². The fourth-order valence-corrected chi connectivity index (χ4v) is 6.28. The van der Waals surface area contributed by atoms with Crippen molar-refractivity contribution in [2.45, 2.75) is 56.0 Å². The molecule has 4 rings (SSSR count). The Balaban J connectivity index is 1.78. The van der Waals surface area contributed by atoms with Crippen molar-refractivity contribution in [3.8, 4) is 0 Å². The standard InChI is InChI=1S/C26H31Cl2NO4Si/c1-32-24-15-26(21(14-23(24)30)17-6-5-7-18(27)12-17)20-9-8-19(28)13-22(20)29(25(26)31)16-33-10-11-34(2,3)4/h5-9,12-13,21,24H,10-11,14-16H2,1-4H3/t21-,24?,26-/m0/s1. The van der Waals surface area contributed by atoms with Crippen LogP contribution in [0, 0.1) is 0 Å². The van der Waals surface area contributed by atoms with E-state index in [9.17, 15) is 9.59 Å². The third-order valence-electron chi connectivity index (χ3n) is 6.98. The summed E-state index contributed by atoms with van der Waals surface area (Å²) in [5.74, 6) is -0.465. The number of hydrogen-bond donors (Lipinski definition) is 0. The average Bonchev–Trinajstić information content (AvgIpc) is 2.99. The number of methoxy groups -OCH3 is 1. The fourth-order valence-electron chi connectivity index (χ4n) is 5.16. The van der Waals surface area contributed by atoms with E-state index in [-0.39, 0.29) is 37.2 Å². The van der Waals surface area contributed by atoms with E-state index in [2.05, 4.69) is 19.6 Å². The highest BCUT2D eigenvalue weighted by Gasteiger charge is 2.60. The number of rotatable bonds is 7. The van der Waals surface area contributed by atoms with E-state index in [1.54, 1.807) is 17.0 Å². The Labute approximate surface area is 212 Å². The number of anilines is 1. The van der Waals surface area contributed by atoms with E-state index >= 15 is 0 Å². The second kappa shape index (κ2) is 9.74. The molecule has 0 N–H and O–H groups in total. The largest absolute Gasteiger partial charge is 0.374 e. The van der Waals surface area contributed by atoms with Crippen LogP contribution in [0.5, 0.6) is 0 Å². The van der Waals surface area contributed by atoms with Gasteiger partial charge in [-0.25, -0.2) is 0 Å². The Kier molecular flexibility index (Phi) is 7.28. The topological polar surface area (TPSA) is 55.8 Å².